The van der Waals surface area contributed by atoms with E-state index in [-0.39, 0.29) is 6.04 Å². The van der Waals surface area contributed by atoms with E-state index in [1.807, 2.05) is 20.8 Å². The Hall–Kier alpha value is -0.570. The van der Waals surface area contributed by atoms with Gasteiger partial charge in [-0.2, -0.15) is 0 Å². The molecule has 0 aliphatic heterocycles. The second-order valence-electron chi connectivity index (χ2n) is 3.69. The van der Waals surface area contributed by atoms with Gasteiger partial charge in [-0.3, -0.25) is 10.1 Å². The molecule has 0 saturated heterocycles. The highest BCUT2D eigenvalue weighted by Crippen LogP contribution is 2.13. The van der Waals surface area contributed by atoms with E-state index in [0.717, 1.165) is 6.42 Å². The zero-order valence-electron chi connectivity index (χ0n) is 8.35. The molecule has 0 rings (SSSR count). The first kappa shape index (κ1) is 11.4. The van der Waals surface area contributed by atoms with Gasteiger partial charge in [-0.1, -0.05) is 13.3 Å². The van der Waals surface area contributed by atoms with Crippen LogP contribution in [0, 0.1) is 0 Å². The number of carboxylic acid groups (broad SMARTS) is 1. The van der Waals surface area contributed by atoms with Crippen molar-refractivity contribution in [2.24, 2.45) is 0 Å². The standard InChI is InChI=1S/C9H19NO2/c1-5-6-9(4,8(11)12)10-7(2)3/h7,10H,5-6H2,1-4H3,(H,11,12). The number of nitrogens with one attached hydrogen (secondary N) is 1. The first-order valence-electron chi connectivity index (χ1n) is 4.43. The van der Waals surface area contributed by atoms with Gasteiger partial charge in [0.05, 0.1) is 0 Å². The third-order valence-corrected chi connectivity index (χ3v) is 1.83. The van der Waals surface area contributed by atoms with E-state index in [9.17, 15) is 4.79 Å². The van der Waals surface area contributed by atoms with Crippen molar-refractivity contribution in [3.8, 4) is 0 Å². The molecule has 0 saturated carbocycles. The molecule has 72 valence electrons. The SMILES string of the molecule is CCCC(C)(NC(C)C)C(=O)O. The van der Waals surface area contributed by atoms with Gasteiger partial charge in [-0.25, -0.2) is 0 Å². The number of aliphatic carboxylic acids is 1. The van der Waals surface area contributed by atoms with E-state index >= 15 is 0 Å². The lowest BCUT2D eigenvalue weighted by Gasteiger charge is -2.28. The number of hydrogen-bond acceptors (Lipinski definition) is 2. The van der Waals surface area contributed by atoms with E-state index in [4.69, 9.17) is 5.11 Å². The number of hydrogen-bond donors (Lipinski definition) is 2. The zero-order valence-corrected chi connectivity index (χ0v) is 8.35. The quantitative estimate of drug-likeness (QED) is 0.664. The van der Waals surface area contributed by atoms with Crippen molar-refractivity contribution in [3.05, 3.63) is 0 Å². The third-order valence-electron chi connectivity index (χ3n) is 1.83. The molecular weight excluding hydrogens is 154 g/mol. The fourth-order valence-electron chi connectivity index (χ4n) is 1.38. The number of rotatable bonds is 5. The van der Waals surface area contributed by atoms with Gasteiger partial charge in [0, 0.05) is 6.04 Å². The van der Waals surface area contributed by atoms with Crippen LogP contribution in [0.4, 0.5) is 0 Å². The Kier molecular flexibility index (Phi) is 4.24. The average Bonchev–Trinajstić information content (AvgIpc) is 1.85. The molecule has 0 radical (unpaired) electrons. The van der Waals surface area contributed by atoms with E-state index in [2.05, 4.69) is 5.32 Å². The van der Waals surface area contributed by atoms with Crippen LogP contribution in [0.3, 0.4) is 0 Å². The Morgan fingerprint density at radius 1 is 1.58 bits per heavy atom. The van der Waals surface area contributed by atoms with Crippen molar-refractivity contribution in [3.63, 3.8) is 0 Å². The maximum absolute atomic E-state index is 10.9. The van der Waals surface area contributed by atoms with Gasteiger partial charge in [0.15, 0.2) is 0 Å². The molecule has 0 aromatic heterocycles. The monoisotopic (exact) mass is 173 g/mol. The summed E-state index contributed by atoms with van der Waals surface area (Å²) in [5.74, 6) is -0.766. The fourth-order valence-corrected chi connectivity index (χ4v) is 1.38. The highest BCUT2D eigenvalue weighted by molar-refractivity contribution is 5.78. The molecule has 2 N–H and O–H groups in total. The molecule has 12 heavy (non-hydrogen) atoms. The van der Waals surface area contributed by atoms with Gasteiger partial charge < -0.3 is 5.11 Å². The molecule has 0 aliphatic carbocycles. The van der Waals surface area contributed by atoms with Gasteiger partial charge in [0.25, 0.3) is 0 Å². The first-order chi connectivity index (χ1) is 5.42. The Balaban J connectivity index is 4.28. The van der Waals surface area contributed by atoms with Crippen LogP contribution in [-0.4, -0.2) is 22.7 Å². The lowest BCUT2D eigenvalue weighted by atomic mass is 9.95. The number of carboxylic acids is 1. The summed E-state index contributed by atoms with van der Waals surface area (Å²) < 4.78 is 0. The summed E-state index contributed by atoms with van der Waals surface area (Å²) >= 11 is 0. The van der Waals surface area contributed by atoms with Gasteiger partial charge >= 0.3 is 5.97 Å². The predicted molar refractivity (Wildman–Crippen MR) is 49.2 cm³/mol. The molecule has 0 amide bonds. The summed E-state index contributed by atoms with van der Waals surface area (Å²) in [7, 11) is 0. The summed E-state index contributed by atoms with van der Waals surface area (Å²) in [6.07, 6.45) is 1.54. The van der Waals surface area contributed by atoms with E-state index in [0.29, 0.717) is 6.42 Å². The normalized spacial score (nSPS) is 16.1. The van der Waals surface area contributed by atoms with Crippen LogP contribution in [0.5, 0.6) is 0 Å². The molecule has 0 aliphatic rings. The summed E-state index contributed by atoms with van der Waals surface area (Å²) in [5, 5.41) is 12.0. The summed E-state index contributed by atoms with van der Waals surface area (Å²) in [6, 6.07) is 0.206. The first-order valence-corrected chi connectivity index (χ1v) is 4.43. The minimum atomic E-state index is -0.766. The molecule has 0 heterocycles. The van der Waals surface area contributed by atoms with Crippen molar-refractivity contribution in [1.82, 2.24) is 5.32 Å². The Bertz CT molecular complexity index is 157. The number of carbonyl (C=O) groups is 1. The molecule has 0 bridgehead atoms. The molecule has 0 aromatic rings. The van der Waals surface area contributed by atoms with Crippen LogP contribution < -0.4 is 5.32 Å². The lowest BCUT2D eigenvalue weighted by molar-refractivity contribution is -0.144. The van der Waals surface area contributed by atoms with Gasteiger partial charge in [-0.15, -0.1) is 0 Å². The summed E-state index contributed by atoms with van der Waals surface area (Å²) in [5.41, 5.74) is -0.761. The Labute approximate surface area is 74.2 Å². The van der Waals surface area contributed by atoms with Gasteiger partial charge in [-0.05, 0) is 27.2 Å². The Morgan fingerprint density at radius 3 is 2.33 bits per heavy atom. The molecule has 3 heteroatoms. The zero-order chi connectivity index (χ0) is 9.78. The smallest absolute Gasteiger partial charge is 0.323 e. The van der Waals surface area contributed by atoms with E-state index in [1.165, 1.54) is 0 Å². The minimum absolute atomic E-state index is 0.206. The third kappa shape index (κ3) is 3.22. The van der Waals surface area contributed by atoms with Crippen molar-refractivity contribution >= 4 is 5.97 Å². The van der Waals surface area contributed by atoms with Crippen molar-refractivity contribution in [2.45, 2.75) is 52.1 Å². The van der Waals surface area contributed by atoms with Crippen LogP contribution in [0.2, 0.25) is 0 Å². The van der Waals surface area contributed by atoms with Gasteiger partial charge in [0.1, 0.15) is 5.54 Å². The topological polar surface area (TPSA) is 49.3 Å². The molecule has 0 spiro atoms. The molecule has 0 aromatic carbocycles. The van der Waals surface area contributed by atoms with Crippen LogP contribution >= 0.6 is 0 Å². The lowest BCUT2D eigenvalue weighted by Crippen LogP contribution is -2.52. The molecule has 3 nitrogen and oxygen atoms in total. The van der Waals surface area contributed by atoms with Crippen LogP contribution in [-0.2, 0) is 4.79 Å². The highest BCUT2D eigenvalue weighted by Gasteiger charge is 2.31. The van der Waals surface area contributed by atoms with E-state index in [1.54, 1.807) is 6.92 Å². The average molecular weight is 173 g/mol. The van der Waals surface area contributed by atoms with Crippen LogP contribution in [0.1, 0.15) is 40.5 Å². The van der Waals surface area contributed by atoms with Crippen molar-refractivity contribution in [1.29, 1.82) is 0 Å². The van der Waals surface area contributed by atoms with Gasteiger partial charge in [0.2, 0.25) is 0 Å². The second kappa shape index (κ2) is 4.45. The maximum atomic E-state index is 10.9. The van der Waals surface area contributed by atoms with Crippen LogP contribution in [0.15, 0.2) is 0 Å². The largest absolute Gasteiger partial charge is 0.480 e. The predicted octanol–water partition coefficient (Wildman–Crippen LogP) is 1.63. The summed E-state index contributed by atoms with van der Waals surface area (Å²) in [4.78, 5) is 10.9. The van der Waals surface area contributed by atoms with Crippen LogP contribution in [0.25, 0.3) is 0 Å². The van der Waals surface area contributed by atoms with E-state index < -0.39 is 11.5 Å². The highest BCUT2D eigenvalue weighted by atomic mass is 16.4. The molecule has 1 unspecified atom stereocenters. The second-order valence-corrected chi connectivity index (χ2v) is 3.69. The molecule has 1 atom stereocenters. The molecule has 0 fully saturated rings. The van der Waals surface area contributed by atoms with Crippen molar-refractivity contribution in [2.75, 3.05) is 0 Å². The van der Waals surface area contributed by atoms with Crippen molar-refractivity contribution < 1.29 is 9.90 Å². The summed E-state index contributed by atoms with van der Waals surface area (Å²) in [6.45, 7) is 7.63. The maximum Gasteiger partial charge on any atom is 0.323 e. The minimum Gasteiger partial charge on any atom is -0.480 e. The Morgan fingerprint density at radius 2 is 2.08 bits per heavy atom. The molecular formula is C9H19NO2. The fraction of sp³-hybridized carbons (Fsp3) is 0.889.